The van der Waals surface area contributed by atoms with Crippen molar-refractivity contribution >= 4 is 5.97 Å². The molecule has 18 heavy (non-hydrogen) atoms. The number of allylic oxidation sites excluding steroid dienone is 2. The van der Waals surface area contributed by atoms with Gasteiger partial charge in [0.2, 0.25) is 0 Å². The number of carbonyl (C=O) groups excluding carboxylic acids is 1. The van der Waals surface area contributed by atoms with Gasteiger partial charge in [0, 0.05) is 13.3 Å². The second kappa shape index (κ2) is 5.05. The van der Waals surface area contributed by atoms with Gasteiger partial charge in [0.25, 0.3) is 0 Å². The molecule has 0 spiro atoms. The number of ether oxygens (including phenoxy) is 1. The third-order valence-corrected chi connectivity index (χ3v) is 3.29. The maximum absolute atomic E-state index is 10.9. The monoisotopic (exact) mass is 241 g/mol. The highest BCUT2D eigenvalue weighted by molar-refractivity contribution is 5.67. The molecule has 0 N–H and O–H groups in total. The van der Waals surface area contributed by atoms with E-state index in [0.29, 0.717) is 25.0 Å². The zero-order valence-corrected chi connectivity index (χ0v) is 10.3. The van der Waals surface area contributed by atoms with Crippen molar-refractivity contribution in [2.75, 3.05) is 0 Å². The summed E-state index contributed by atoms with van der Waals surface area (Å²) in [5.41, 5.74) is 0.552. The van der Waals surface area contributed by atoms with Crippen LogP contribution in [0.2, 0.25) is 0 Å². The van der Waals surface area contributed by atoms with E-state index in [9.17, 15) is 10.1 Å². The molecule has 0 radical (unpaired) electrons. The molecule has 1 aliphatic carbocycles. The van der Waals surface area contributed by atoms with Gasteiger partial charge in [-0.25, -0.2) is 0 Å². The second-order valence-corrected chi connectivity index (χ2v) is 4.53. The van der Waals surface area contributed by atoms with Crippen molar-refractivity contribution in [2.24, 2.45) is 0 Å². The van der Waals surface area contributed by atoms with Crippen molar-refractivity contribution in [1.29, 1.82) is 5.26 Å². The Kier molecular flexibility index (Phi) is 3.47. The average Bonchev–Trinajstić information content (AvgIpc) is 2.40. The predicted octanol–water partition coefficient (Wildman–Crippen LogP) is 3.08. The van der Waals surface area contributed by atoms with Gasteiger partial charge in [0.05, 0.1) is 11.5 Å². The molecule has 1 aromatic carbocycles. The molecule has 0 fully saturated rings. The number of nitrogens with zero attached hydrogens (tertiary/aromatic N) is 1. The first-order valence-electron chi connectivity index (χ1n) is 6.00. The summed E-state index contributed by atoms with van der Waals surface area (Å²) in [7, 11) is 0. The Morgan fingerprint density at radius 1 is 1.39 bits per heavy atom. The maximum Gasteiger partial charge on any atom is 0.307 e. The summed E-state index contributed by atoms with van der Waals surface area (Å²) in [6.45, 7) is 1.39. The van der Waals surface area contributed by atoms with Gasteiger partial charge < -0.3 is 4.74 Å². The van der Waals surface area contributed by atoms with E-state index in [1.807, 2.05) is 36.4 Å². The topological polar surface area (TPSA) is 50.1 Å². The van der Waals surface area contributed by atoms with Crippen molar-refractivity contribution in [3.8, 4) is 6.07 Å². The van der Waals surface area contributed by atoms with Gasteiger partial charge in [-0.3, -0.25) is 4.79 Å². The molecule has 0 saturated carbocycles. The molecular formula is C15H15NO2. The van der Waals surface area contributed by atoms with Gasteiger partial charge in [0.1, 0.15) is 5.76 Å². The van der Waals surface area contributed by atoms with Crippen molar-refractivity contribution in [1.82, 2.24) is 0 Å². The minimum atomic E-state index is -0.481. The number of hydrogen-bond acceptors (Lipinski definition) is 3. The molecule has 0 heterocycles. The predicted molar refractivity (Wildman–Crippen MR) is 67.4 cm³/mol. The Hall–Kier alpha value is -2.08. The Morgan fingerprint density at radius 3 is 2.61 bits per heavy atom. The normalized spacial score (nSPS) is 22.8. The summed E-state index contributed by atoms with van der Waals surface area (Å²) in [5, 5.41) is 9.48. The molecular weight excluding hydrogens is 226 g/mol. The van der Waals surface area contributed by atoms with Crippen molar-refractivity contribution in [3.05, 3.63) is 47.7 Å². The van der Waals surface area contributed by atoms with E-state index in [1.165, 1.54) is 6.92 Å². The summed E-state index contributed by atoms with van der Waals surface area (Å²) in [4.78, 5) is 10.9. The van der Waals surface area contributed by atoms with Gasteiger partial charge in [-0.15, -0.1) is 0 Å². The highest BCUT2D eigenvalue weighted by Crippen LogP contribution is 2.38. The van der Waals surface area contributed by atoms with Gasteiger partial charge in [0.15, 0.2) is 0 Å². The van der Waals surface area contributed by atoms with Crippen LogP contribution in [-0.4, -0.2) is 5.97 Å². The van der Waals surface area contributed by atoms with Crippen molar-refractivity contribution in [3.63, 3.8) is 0 Å². The van der Waals surface area contributed by atoms with Crippen LogP contribution >= 0.6 is 0 Å². The fraction of sp³-hybridized carbons (Fsp3) is 0.333. The van der Waals surface area contributed by atoms with Gasteiger partial charge in [-0.05, 0) is 24.5 Å². The van der Waals surface area contributed by atoms with Crippen LogP contribution in [-0.2, 0) is 14.9 Å². The Morgan fingerprint density at radius 2 is 2.11 bits per heavy atom. The van der Waals surface area contributed by atoms with Crippen LogP contribution < -0.4 is 0 Å². The second-order valence-electron chi connectivity index (χ2n) is 4.53. The summed E-state index contributed by atoms with van der Waals surface area (Å²) >= 11 is 0. The highest BCUT2D eigenvalue weighted by Gasteiger charge is 2.34. The summed E-state index contributed by atoms with van der Waals surface area (Å²) < 4.78 is 5.08. The SMILES string of the molecule is CC(=O)OC1=CCC(C#N)(c2ccccc2)CC1. The minimum absolute atomic E-state index is 0.301. The third-order valence-electron chi connectivity index (χ3n) is 3.29. The Labute approximate surface area is 107 Å². The van der Waals surface area contributed by atoms with Gasteiger partial charge in [-0.1, -0.05) is 30.3 Å². The van der Waals surface area contributed by atoms with Crippen LogP contribution in [0.15, 0.2) is 42.2 Å². The maximum atomic E-state index is 10.9. The largest absolute Gasteiger partial charge is 0.432 e. The molecule has 1 atom stereocenters. The third kappa shape index (κ3) is 2.43. The quantitative estimate of drug-likeness (QED) is 0.747. The first-order valence-corrected chi connectivity index (χ1v) is 6.00. The molecule has 0 bridgehead atoms. The number of benzene rings is 1. The fourth-order valence-corrected chi connectivity index (χ4v) is 2.29. The lowest BCUT2D eigenvalue weighted by molar-refractivity contribution is -0.137. The van der Waals surface area contributed by atoms with E-state index in [1.54, 1.807) is 0 Å². The molecule has 3 nitrogen and oxygen atoms in total. The lowest BCUT2D eigenvalue weighted by Crippen LogP contribution is -2.26. The molecule has 0 amide bonds. The van der Waals surface area contributed by atoms with Gasteiger partial charge in [-0.2, -0.15) is 5.26 Å². The zero-order valence-electron chi connectivity index (χ0n) is 10.3. The minimum Gasteiger partial charge on any atom is -0.432 e. The Bertz CT molecular complexity index is 513. The van der Waals surface area contributed by atoms with Crippen LogP contribution in [0.5, 0.6) is 0 Å². The molecule has 1 aliphatic rings. The Balaban J connectivity index is 2.22. The number of esters is 1. The highest BCUT2D eigenvalue weighted by atomic mass is 16.5. The summed E-state index contributed by atoms with van der Waals surface area (Å²) in [6, 6.07) is 12.2. The van der Waals surface area contributed by atoms with Gasteiger partial charge >= 0.3 is 5.97 Å². The smallest absolute Gasteiger partial charge is 0.307 e. The van der Waals surface area contributed by atoms with E-state index in [4.69, 9.17) is 4.74 Å². The average molecular weight is 241 g/mol. The van der Waals surface area contributed by atoms with Crippen LogP contribution in [0.25, 0.3) is 0 Å². The standard InChI is InChI=1S/C15H15NO2/c1-12(17)18-14-7-9-15(11-16,10-8-14)13-5-3-2-4-6-13/h2-7H,8-10H2,1H3. The molecule has 92 valence electrons. The van der Waals surface area contributed by atoms with Crippen LogP contribution in [0, 0.1) is 11.3 Å². The number of carbonyl (C=O) groups is 1. The van der Waals surface area contributed by atoms with Crippen molar-refractivity contribution in [2.45, 2.75) is 31.6 Å². The molecule has 1 aromatic rings. The summed E-state index contributed by atoms with van der Waals surface area (Å²) in [5.74, 6) is 0.384. The first kappa shape index (κ1) is 12.4. The lowest BCUT2D eigenvalue weighted by atomic mass is 9.72. The fourth-order valence-electron chi connectivity index (χ4n) is 2.29. The van der Waals surface area contributed by atoms with Crippen molar-refractivity contribution < 1.29 is 9.53 Å². The number of nitriles is 1. The number of hydrogen-bond donors (Lipinski definition) is 0. The first-order chi connectivity index (χ1) is 8.66. The molecule has 3 heteroatoms. The molecule has 0 saturated heterocycles. The van der Waals surface area contributed by atoms with Crippen LogP contribution in [0.1, 0.15) is 31.7 Å². The summed E-state index contributed by atoms with van der Waals surface area (Å²) in [6.07, 6.45) is 3.77. The zero-order chi connectivity index (χ0) is 13.0. The van der Waals surface area contributed by atoms with E-state index in [2.05, 4.69) is 6.07 Å². The van der Waals surface area contributed by atoms with E-state index < -0.39 is 5.41 Å². The van der Waals surface area contributed by atoms with E-state index in [-0.39, 0.29) is 5.97 Å². The van der Waals surface area contributed by atoms with E-state index in [0.717, 1.165) is 5.56 Å². The van der Waals surface area contributed by atoms with Crippen LogP contribution in [0.3, 0.4) is 0 Å². The molecule has 0 aromatic heterocycles. The van der Waals surface area contributed by atoms with E-state index >= 15 is 0 Å². The number of rotatable bonds is 2. The lowest BCUT2D eigenvalue weighted by Gasteiger charge is -2.29. The molecule has 0 aliphatic heterocycles. The molecule has 2 rings (SSSR count). The molecule has 1 unspecified atom stereocenters. The van der Waals surface area contributed by atoms with Crippen LogP contribution in [0.4, 0.5) is 0 Å².